The third-order valence-electron chi connectivity index (χ3n) is 6.36. The standard InChI is InChI=1S/C26H32FN3O2S/c1-3-4-14-28-26(31)32-24-15-23(30(18(24)2)16-19-10-6-5-7-11-19)22-17-33-25(29-22)20-12-8-9-13-21(20)27/h8-9,12-13,15,17,19H,3-7,10-11,14,16H2,1-2H3,(H,28,31). The molecule has 0 bridgehead atoms. The van der Waals surface area contributed by atoms with Crippen molar-refractivity contribution in [1.82, 2.24) is 14.9 Å². The SMILES string of the molecule is CCCCNC(=O)Oc1cc(-c2csc(-c3ccccc3F)n2)n(CC2CCCCC2)c1C. The van der Waals surface area contributed by atoms with Crippen LogP contribution in [0, 0.1) is 18.7 Å². The first kappa shape index (κ1) is 23.5. The maximum Gasteiger partial charge on any atom is 0.412 e. The Balaban J connectivity index is 1.64. The molecular formula is C26H32FN3O2S. The van der Waals surface area contributed by atoms with E-state index in [1.165, 1.54) is 49.5 Å². The lowest BCUT2D eigenvalue weighted by Gasteiger charge is -2.24. The second kappa shape index (κ2) is 11.0. The smallest absolute Gasteiger partial charge is 0.408 e. The van der Waals surface area contributed by atoms with E-state index < -0.39 is 6.09 Å². The minimum atomic E-state index is -0.432. The molecule has 0 aliphatic heterocycles. The summed E-state index contributed by atoms with van der Waals surface area (Å²) in [6, 6.07) is 8.60. The van der Waals surface area contributed by atoms with Crippen LogP contribution in [0.5, 0.6) is 5.75 Å². The number of nitrogens with one attached hydrogen (secondary N) is 1. The fourth-order valence-corrected chi connectivity index (χ4v) is 5.29. The number of benzene rings is 1. The summed E-state index contributed by atoms with van der Waals surface area (Å²) in [5.74, 6) is 0.870. The Morgan fingerprint density at radius 2 is 2.06 bits per heavy atom. The van der Waals surface area contributed by atoms with E-state index in [-0.39, 0.29) is 5.82 Å². The van der Waals surface area contributed by atoms with Crippen molar-refractivity contribution in [3.05, 3.63) is 47.2 Å². The van der Waals surface area contributed by atoms with Gasteiger partial charge in [0.25, 0.3) is 0 Å². The molecule has 1 aliphatic rings. The van der Waals surface area contributed by atoms with Gasteiger partial charge in [-0.2, -0.15) is 0 Å². The van der Waals surface area contributed by atoms with Crippen LogP contribution in [-0.2, 0) is 6.54 Å². The highest BCUT2D eigenvalue weighted by Gasteiger charge is 2.23. The number of thiazole rings is 1. The highest BCUT2D eigenvalue weighted by atomic mass is 32.1. The summed E-state index contributed by atoms with van der Waals surface area (Å²) < 4.78 is 22.2. The topological polar surface area (TPSA) is 56.1 Å². The fourth-order valence-electron chi connectivity index (χ4n) is 4.45. The van der Waals surface area contributed by atoms with Gasteiger partial charge in [-0.25, -0.2) is 14.2 Å². The van der Waals surface area contributed by atoms with Crippen molar-refractivity contribution in [2.24, 2.45) is 5.92 Å². The number of unbranched alkanes of at least 4 members (excludes halogenated alkanes) is 1. The van der Waals surface area contributed by atoms with Gasteiger partial charge >= 0.3 is 6.09 Å². The first-order valence-electron chi connectivity index (χ1n) is 11.9. The Kier molecular flexibility index (Phi) is 7.81. The van der Waals surface area contributed by atoms with E-state index in [9.17, 15) is 9.18 Å². The third kappa shape index (κ3) is 5.64. The number of amides is 1. The molecular weight excluding hydrogens is 437 g/mol. The second-order valence-electron chi connectivity index (χ2n) is 8.78. The number of hydrogen-bond acceptors (Lipinski definition) is 4. The van der Waals surface area contributed by atoms with Gasteiger partial charge in [-0.1, -0.05) is 44.7 Å². The largest absolute Gasteiger partial charge is 0.412 e. The third-order valence-corrected chi connectivity index (χ3v) is 7.23. The van der Waals surface area contributed by atoms with Crippen LogP contribution in [0.3, 0.4) is 0 Å². The number of ether oxygens (including phenoxy) is 1. The molecule has 1 saturated carbocycles. The second-order valence-corrected chi connectivity index (χ2v) is 9.64. The van der Waals surface area contributed by atoms with E-state index in [0.29, 0.717) is 28.8 Å². The zero-order valence-corrected chi connectivity index (χ0v) is 20.2. The highest BCUT2D eigenvalue weighted by molar-refractivity contribution is 7.13. The number of hydrogen-bond donors (Lipinski definition) is 1. The summed E-state index contributed by atoms with van der Waals surface area (Å²) in [7, 11) is 0. The molecule has 7 heteroatoms. The van der Waals surface area contributed by atoms with Gasteiger partial charge in [0.15, 0.2) is 5.75 Å². The molecule has 1 amide bonds. The van der Waals surface area contributed by atoms with Crippen molar-refractivity contribution in [3.63, 3.8) is 0 Å². The molecule has 2 aromatic heterocycles. The number of carbonyl (C=O) groups excluding carboxylic acids is 1. The number of halogens is 1. The summed E-state index contributed by atoms with van der Waals surface area (Å²) in [6.07, 6.45) is 7.74. The van der Waals surface area contributed by atoms with E-state index in [0.717, 1.165) is 36.5 Å². The van der Waals surface area contributed by atoms with Crippen molar-refractivity contribution in [3.8, 4) is 27.7 Å². The minimum absolute atomic E-state index is 0.278. The number of aromatic nitrogens is 2. The van der Waals surface area contributed by atoms with Crippen molar-refractivity contribution in [2.75, 3.05) is 6.54 Å². The molecule has 33 heavy (non-hydrogen) atoms. The van der Waals surface area contributed by atoms with Crippen LogP contribution >= 0.6 is 11.3 Å². The minimum Gasteiger partial charge on any atom is -0.408 e. The number of carbonyl (C=O) groups is 1. The molecule has 2 heterocycles. The van der Waals surface area contributed by atoms with Crippen molar-refractivity contribution < 1.29 is 13.9 Å². The number of nitrogens with zero attached hydrogens (tertiary/aromatic N) is 2. The van der Waals surface area contributed by atoms with Crippen LogP contribution in [-0.4, -0.2) is 22.2 Å². The first-order valence-corrected chi connectivity index (χ1v) is 12.8. The van der Waals surface area contributed by atoms with Crippen LogP contribution in [0.4, 0.5) is 9.18 Å². The average molecular weight is 470 g/mol. The van der Waals surface area contributed by atoms with Gasteiger partial charge in [0.05, 0.1) is 17.1 Å². The molecule has 0 radical (unpaired) electrons. The van der Waals surface area contributed by atoms with Gasteiger partial charge < -0.3 is 14.6 Å². The summed E-state index contributed by atoms with van der Waals surface area (Å²) in [5.41, 5.74) is 3.11. The molecule has 0 spiro atoms. The van der Waals surface area contributed by atoms with E-state index in [2.05, 4.69) is 16.8 Å². The molecule has 1 aliphatic carbocycles. The fraction of sp³-hybridized carbons (Fsp3) is 0.462. The molecule has 1 N–H and O–H groups in total. The molecule has 176 valence electrons. The maximum absolute atomic E-state index is 14.3. The summed E-state index contributed by atoms with van der Waals surface area (Å²) >= 11 is 1.42. The predicted molar refractivity (Wildman–Crippen MR) is 131 cm³/mol. The molecule has 3 aromatic rings. The Bertz CT molecular complexity index is 1090. The summed E-state index contributed by atoms with van der Waals surface area (Å²) in [6.45, 7) is 5.54. The first-order chi connectivity index (χ1) is 16.1. The Morgan fingerprint density at radius 3 is 2.82 bits per heavy atom. The molecule has 0 unspecified atom stereocenters. The molecule has 5 nitrogen and oxygen atoms in total. The summed E-state index contributed by atoms with van der Waals surface area (Å²) in [4.78, 5) is 17.1. The molecule has 0 saturated heterocycles. The van der Waals surface area contributed by atoms with Crippen molar-refractivity contribution in [1.29, 1.82) is 0 Å². The van der Waals surface area contributed by atoms with E-state index >= 15 is 0 Å². The van der Waals surface area contributed by atoms with E-state index in [4.69, 9.17) is 9.72 Å². The molecule has 1 fully saturated rings. The van der Waals surface area contributed by atoms with E-state index in [1.807, 2.05) is 24.4 Å². The van der Waals surface area contributed by atoms with Gasteiger partial charge in [0.1, 0.15) is 10.8 Å². The molecule has 0 atom stereocenters. The number of rotatable bonds is 8. The highest BCUT2D eigenvalue weighted by Crippen LogP contribution is 2.36. The van der Waals surface area contributed by atoms with Gasteiger partial charge in [0, 0.05) is 30.1 Å². The zero-order valence-electron chi connectivity index (χ0n) is 19.4. The van der Waals surface area contributed by atoms with Crippen molar-refractivity contribution in [2.45, 2.75) is 65.3 Å². The lowest BCUT2D eigenvalue weighted by molar-refractivity contribution is 0.200. The summed E-state index contributed by atoms with van der Waals surface area (Å²) in [5, 5.41) is 5.42. The predicted octanol–water partition coefficient (Wildman–Crippen LogP) is 7.19. The Morgan fingerprint density at radius 1 is 1.27 bits per heavy atom. The van der Waals surface area contributed by atoms with Crippen LogP contribution in [0.2, 0.25) is 0 Å². The van der Waals surface area contributed by atoms with Crippen LogP contribution in [0.15, 0.2) is 35.7 Å². The van der Waals surface area contributed by atoms with Crippen LogP contribution in [0.1, 0.15) is 57.6 Å². The van der Waals surface area contributed by atoms with Gasteiger partial charge in [-0.15, -0.1) is 11.3 Å². The molecule has 1 aromatic carbocycles. The lowest BCUT2D eigenvalue weighted by atomic mass is 9.89. The van der Waals surface area contributed by atoms with Crippen LogP contribution < -0.4 is 10.1 Å². The zero-order chi connectivity index (χ0) is 23.2. The van der Waals surface area contributed by atoms with E-state index in [1.54, 1.807) is 12.1 Å². The lowest BCUT2D eigenvalue weighted by Crippen LogP contribution is -2.27. The molecule has 4 rings (SSSR count). The van der Waals surface area contributed by atoms with Gasteiger partial charge in [-0.3, -0.25) is 0 Å². The van der Waals surface area contributed by atoms with Gasteiger partial charge in [-0.05, 0) is 44.2 Å². The average Bonchev–Trinajstić information content (AvgIpc) is 3.41. The Hall–Kier alpha value is -2.67. The maximum atomic E-state index is 14.3. The normalized spacial score (nSPS) is 14.4. The van der Waals surface area contributed by atoms with Crippen molar-refractivity contribution >= 4 is 17.4 Å². The van der Waals surface area contributed by atoms with Gasteiger partial charge in [0.2, 0.25) is 0 Å². The monoisotopic (exact) mass is 469 g/mol. The van der Waals surface area contributed by atoms with Crippen LogP contribution in [0.25, 0.3) is 22.0 Å². The Labute approximate surface area is 199 Å². The quantitative estimate of drug-likeness (QED) is 0.355.